The topological polar surface area (TPSA) is 102 Å². The molecule has 156 valence electrons. The van der Waals surface area contributed by atoms with E-state index in [1.54, 1.807) is 13.8 Å². The Balaban J connectivity index is 1.73. The number of esters is 1. The van der Waals surface area contributed by atoms with Crippen molar-refractivity contribution < 1.29 is 34.0 Å². The van der Waals surface area contributed by atoms with Crippen molar-refractivity contribution in [1.82, 2.24) is 0 Å². The van der Waals surface area contributed by atoms with Gasteiger partial charge in [-0.3, -0.25) is 9.59 Å². The van der Waals surface area contributed by atoms with E-state index in [4.69, 9.17) is 19.3 Å². The molecule has 0 bridgehead atoms. The highest BCUT2D eigenvalue weighted by atomic mass is 16.6. The van der Waals surface area contributed by atoms with E-state index in [1.165, 1.54) is 0 Å². The van der Waals surface area contributed by atoms with Crippen molar-refractivity contribution in [2.24, 2.45) is 11.8 Å². The predicted octanol–water partition coefficient (Wildman–Crippen LogP) is 2.53. The maximum atomic E-state index is 12.4. The second kappa shape index (κ2) is 9.85. The Kier molecular flexibility index (Phi) is 8.06. The number of carboxylic acid groups (broad SMARTS) is 1. The van der Waals surface area contributed by atoms with E-state index in [2.05, 4.69) is 0 Å². The van der Waals surface area contributed by atoms with Crippen LogP contribution in [0, 0.1) is 11.8 Å². The largest absolute Gasteiger partial charge is 0.481 e. The molecule has 2 fully saturated rings. The Labute approximate surface area is 161 Å². The average molecular weight is 386 g/mol. The fraction of sp³-hybridized carbons (Fsp3) is 0.900. The number of hydrogen-bond acceptors (Lipinski definition) is 6. The zero-order chi connectivity index (χ0) is 20.1. The van der Waals surface area contributed by atoms with Gasteiger partial charge in [0.05, 0.1) is 42.4 Å². The third kappa shape index (κ3) is 6.43. The molecule has 2 rings (SSSR count). The third-order valence-electron chi connectivity index (χ3n) is 5.67. The second-order valence-electron chi connectivity index (χ2n) is 8.23. The summed E-state index contributed by atoms with van der Waals surface area (Å²) in [5.41, 5.74) is 0. The molecule has 0 radical (unpaired) electrons. The van der Waals surface area contributed by atoms with Gasteiger partial charge in [0.15, 0.2) is 0 Å². The number of aliphatic carboxylic acids is 1. The van der Waals surface area contributed by atoms with E-state index >= 15 is 0 Å². The molecule has 2 N–H and O–H groups in total. The van der Waals surface area contributed by atoms with E-state index < -0.39 is 18.0 Å². The molecule has 0 saturated carbocycles. The normalized spacial score (nSPS) is 32.6. The van der Waals surface area contributed by atoms with Gasteiger partial charge in [0.1, 0.15) is 6.10 Å². The van der Waals surface area contributed by atoms with Crippen LogP contribution in [0.25, 0.3) is 0 Å². The van der Waals surface area contributed by atoms with Gasteiger partial charge < -0.3 is 24.4 Å². The van der Waals surface area contributed by atoms with E-state index in [9.17, 15) is 14.7 Å². The van der Waals surface area contributed by atoms with Crippen LogP contribution in [0.2, 0.25) is 0 Å². The minimum atomic E-state index is -0.848. The summed E-state index contributed by atoms with van der Waals surface area (Å²) >= 11 is 0. The van der Waals surface area contributed by atoms with E-state index in [0.717, 1.165) is 25.7 Å². The van der Waals surface area contributed by atoms with Gasteiger partial charge in [0, 0.05) is 6.42 Å². The molecule has 0 spiro atoms. The van der Waals surface area contributed by atoms with Crippen LogP contribution >= 0.6 is 0 Å². The van der Waals surface area contributed by atoms with Gasteiger partial charge in [-0.05, 0) is 59.8 Å². The average Bonchev–Trinajstić information content (AvgIpc) is 3.22. The lowest BCUT2D eigenvalue weighted by Crippen LogP contribution is -2.32. The summed E-state index contributed by atoms with van der Waals surface area (Å²) in [6, 6.07) is 0. The van der Waals surface area contributed by atoms with Gasteiger partial charge in [-0.1, -0.05) is 0 Å². The number of aliphatic hydroxyl groups excluding tert-OH is 1. The standard InChI is InChI=1S/C20H34O7/c1-11(21)9-15-5-8-18(26-15)14(4)20(24)25-12(2)10-16-6-7-17(27-16)13(3)19(22)23/h11-18,21H,5-10H2,1-4H3,(H,22,23). The fourth-order valence-corrected chi connectivity index (χ4v) is 3.96. The molecule has 2 heterocycles. The lowest BCUT2D eigenvalue weighted by Gasteiger charge is -2.23. The first kappa shape index (κ1) is 22.1. The third-order valence-corrected chi connectivity index (χ3v) is 5.67. The molecule has 8 unspecified atom stereocenters. The molecule has 0 aromatic heterocycles. The molecular formula is C20H34O7. The van der Waals surface area contributed by atoms with Crippen molar-refractivity contribution in [1.29, 1.82) is 0 Å². The molecule has 7 heteroatoms. The Bertz CT molecular complexity index is 507. The fourth-order valence-electron chi connectivity index (χ4n) is 3.96. The van der Waals surface area contributed by atoms with Crippen LogP contribution in [0.1, 0.15) is 66.2 Å². The van der Waals surface area contributed by atoms with Gasteiger partial charge in [-0.15, -0.1) is 0 Å². The number of carbonyl (C=O) groups is 2. The Morgan fingerprint density at radius 2 is 1.44 bits per heavy atom. The highest BCUT2D eigenvalue weighted by Gasteiger charge is 2.36. The zero-order valence-electron chi connectivity index (χ0n) is 16.8. The quantitative estimate of drug-likeness (QED) is 0.587. The number of rotatable bonds is 9. The molecule has 7 nitrogen and oxygen atoms in total. The summed E-state index contributed by atoms with van der Waals surface area (Å²) in [6.07, 6.45) is 3.08. The lowest BCUT2D eigenvalue weighted by molar-refractivity contribution is -0.159. The highest BCUT2D eigenvalue weighted by molar-refractivity contribution is 5.73. The van der Waals surface area contributed by atoms with Crippen molar-refractivity contribution in [2.75, 3.05) is 0 Å². The van der Waals surface area contributed by atoms with Gasteiger partial charge in [0.2, 0.25) is 0 Å². The molecule has 0 aromatic rings. The van der Waals surface area contributed by atoms with Gasteiger partial charge in [-0.2, -0.15) is 0 Å². The molecule has 2 aliphatic rings. The highest BCUT2D eigenvalue weighted by Crippen LogP contribution is 2.30. The molecule has 2 saturated heterocycles. The van der Waals surface area contributed by atoms with Gasteiger partial charge in [0.25, 0.3) is 0 Å². The van der Waals surface area contributed by atoms with Crippen LogP contribution in [0.3, 0.4) is 0 Å². The second-order valence-corrected chi connectivity index (χ2v) is 8.23. The molecule has 0 aromatic carbocycles. The first-order valence-corrected chi connectivity index (χ1v) is 10.1. The minimum Gasteiger partial charge on any atom is -0.481 e. The number of hydrogen-bond donors (Lipinski definition) is 2. The maximum Gasteiger partial charge on any atom is 0.311 e. The van der Waals surface area contributed by atoms with Crippen LogP contribution in [0.4, 0.5) is 0 Å². The van der Waals surface area contributed by atoms with Crippen LogP contribution in [-0.4, -0.2) is 58.8 Å². The SMILES string of the molecule is CC(O)CC1CCC(C(C)C(=O)OC(C)CC2CCC(C(C)C(=O)O)O2)O1. The number of carboxylic acids is 1. The molecule has 2 aliphatic heterocycles. The van der Waals surface area contributed by atoms with Gasteiger partial charge in [-0.25, -0.2) is 0 Å². The van der Waals surface area contributed by atoms with Crippen LogP contribution in [-0.2, 0) is 23.8 Å². The summed E-state index contributed by atoms with van der Waals surface area (Å²) in [7, 11) is 0. The number of carbonyl (C=O) groups excluding carboxylic acids is 1. The summed E-state index contributed by atoms with van der Waals surface area (Å²) in [5, 5.41) is 18.6. The first-order valence-electron chi connectivity index (χ1n) is 10.1. The summed E-state index contributed by atoms with van der Waals surface area (Å²) < 4.78 is 17.3. The van der Waals surface area contributed by atoms with Crippen molar-refractivity contribution in [2.45, 2.75) is 103 Å². The number of ether oxygens (including phenoxy) is 3. The maximum absolute atomic E-state index is 12.4. The van der Waals surface area contributed by atoms with Crippen molar-refractivity contribution in [3.05, 3.63) is 0 Å². The molecular weight excluding hydrogens is 352 g/mol. The Morgan fingerprint density at radius 3 is 1.96 bits per heavy atom. The van der Waals surface area contributed by atoms with Crippen LogP contribution < -0.4 is 0 Å². The van der Waals surface area contributed by atoms with Crippen LogP contribution in [0.5, 0.6) is 0 Å². The summed E-state index contributed by atoms with van der Waals surface area (Å²) in [5.74, 6) is -2.00. The van der Waals surface area contributed by atoms with E-state index in [1.807, 2.05) is 13.8 Å². The summed E-state index contributed by atoms with van der Waals surface area (Å²) in [6.45, 7) is 7.06. The molecule has 27 heavy (non-hydrogen) atoms. The summed E-state index contributed by atoms with van der Waals surface area (Å²) in [4.78, 5) is 23.5. The monoisotopic (exact) mass is 386 g/mol. The molecule has 0 aliphatic carbocycles. The van der Waals surface area contributed by atoms with E-state index in [-0.39, 0.29) is 42.4 Å². The van der Waals surface area contributed by atoms with Crippen LogP contribution in [0.15, 0.2) is 0 Å². The number of aliphatic hydroxyl groups is 1. The van der Waals surface area contributed by atoms with Crippen molar-refractivity contribution in [3.63, 3.8) is 0 Å². The molecule has 8 atom stereocenters. The Morgan fingerprint density at radius 1 is 0.926 bits per heavy atom. The van der Waals surface area contributed by atoms with Crippen molar-refractivity contribution >= 4 is 11.9 Å². The smallest absolute Gasteiger partial charge is 0.311 e. The predicted molar refractivity (Wildman–Crippen MR) is 98.2 cm³/mol. The molecule has 0 amide bonds. The minimum absolute atomic E-state index is 0.00252. The zero-order valence-corrected chi connectivity index (χ0v) is 16.8. The lowest BCUT2D eigenvalue weighted by atomic mass is 10.0. The van der Waals surface area contributed by atoms with E-state index in [0.29, 0.717) is 12.8 Å². The first-order chi connectivity index (χ1) is 12.7. The van der Waals surface area contributed by atoms with Crippen molar-refractivity contribution in [3.8, 4) is 0 Å². The Hall–Kier alpha value is -1.18. The van der Waals surface area contributed by atoms with Gasteiger partial charge >= 0.3 is 11.9 Å².